The highest BCUT2D eigenvalue weighted by Crippen LogP contribution is 2.18. The molecule has 0 aliphatic rings. The summed E-state index contributed by atoms with van der Waals surface area (Å²) in [6.07, 6.45) is 2.71. The van der Waals surface area contributed by atoms with Crippen molar-refractivity contribution in [1.82, 2.24) is 0 Å². The molecule has 4 nitrogen and oxygen atoms in total. The first kappa shape index (κ1) is 14.4. The largest absolute Gasteiger partial charge is 0.459 e. The van der Waals surface area contributed by atoms with E-state index in [0.717, 1.165) is 19.3 Å². The fourth-order valence-corrected chi connectivity index (χ4v) is 1.27. The maximum Gasteiger partial charge on any atom is 0.323 e. The molecule has 0 bridgehead atoms. The predicted octanol–water partition coefficient (Wildman–Crippen LogP) is 1.17. The lowest BCUT2D eigenvalue weighted by Crippen LogP contribution is -2.37. The standard InChI is InChI=1S/C11H24N2O2/c1-8(12)6-5-7-11(3,4)15-10(14)9(2)13/h8-9H,5-7,12-13H2,1-4H3. The number of esters is 1. The smallest absolute Gasteiger partial charge is 0.323 e. The molecule has 0 saturated carbocycles. The van der Waals surface area contributed by atoms with Gasteiger partial charge in [-0.3, -0.25) is 4.79 Å². The van der Waals surface area contributed by atoms with Crippen molar-refractivity contribution in [3.8, 4) is 0 Å². The highest BCUT2D eigenvalue weighted by atomic mass is 16.6. The molecule has 0 rings (SSSR count). The second-order valence-corrected chi connectivity index (χ2v) is 4.84. The van der Waals surface area contributed by atoms with Crippen molar-refractivity contribution in [2.75, 3.05) is 0 Å². The summed E-state index contributed by atoms with van der Waals surface area (Å²) in [5.41, 5.74) is 10.6. The Labute approximate surface area is 92.3 Å². The second kappa shape index (κ2) is 6.08. The quantitative estimate of drug-likeness (QED) is 0.653. The Morgan fingerprint density at radius 1 is 1.33 bits per heavy atom. The van der Waals surface area contributed by atoms with Gasteiger partial charge in [-0.05, 0) is 47.0 Å². The molecule has 0 saturated heterocycles. The average Bonchev–Trinajstić information content (AvgIpc) is 2.01. The van der Waals surface area contributed by atoms with Crippen LogP contribution in [0.4, 0.5) is 0 Å². The zero-order chi connectivity index (χ0) is 12.1. The van der Waals surface area contributed by atoms with Crippen LogP contribution in [0.3, 0.4) is 0 Å². The van der Waals surface area contributed by atoms with Crippen LogP contribution in [-0.2, 0) is 9.53 Å². The molecule has 4 heteroatoms. The van der Waals surface area contributed by atoms with Gasteiger partial charge in [0, 0.05) is 6.04 Å². The third-order valence-corrected chi connectivity index (χ3v) is 2.19. The molecule has 0 aromatic rings. The van der Waals surface area contributed by atoms with Gasteiger partial charge in [0.1, 0.15) is 11.6 Å². The molecule has 0 amide bonds. The summed E-state index contributed by atoms with van der Waals surface area (Å²) in [6, 6.07) is -0.359. The van der Waals surface area contributed by atoms with Crippen LogP contribution in [0.15, 0.2) is 0 Å². The van der Waals surface area contributed by atoms with Crippen LogP contribution in [-0.4, -0.2) is 23.7 Å². The fraction of sp³-hybridized carbons (Fsp3) is 0.909. The Morgan fingerprint density at radius 3 is 2.27 bits per heavy atom. The van der Waals surface area contributed by atoms with E-state index in [4.69, 9.17) is 16.2 Å². The van der Waals surface area contributed by atoms with Gasteiger partial charge < -0.3 is 16.2 Å². The summed E-state index contributed by atoms with van der Waals surface area (Å²) in [5.74, 6) is -0.346. The number of hydrogen-bond acceptors (Lipinski definition) is 4. The zero-order valence-electron chi connectivity index (χ0n) is 10.2. The summed E-state index contributed by atoms with van der Waals surface area (Å²) in [5, 5.41) is 0. The predicted molar refractivity (Wildman–Crippen MR) is 61.3 cm³/mol. The first-order valence-corrected chi connectivity index (χ1v) is 5.48. The first-order chi connectivity index (χ1) is 6.74. The van der Waals surface area contributed by atoms with Gasteiger partial charge in [0.25, 0.3) is 0 Å². The molecule has 0 heterocycles. The van der Waals surface area contributed by atoms with E-state index in [1.54, 1.807) is 6.92 Å². The molecule has 0 radical (unpaired) electrons. The Kier molecular flexibility index (Phi) is 5.83. The molecule has 0 spiro atoms. The van der Waals surface area contributed by atoms with E-state index in [1.807, 2.05) is 20.8 Å². The van der Waals surface area contributed by atoms with Crippen LogP contribution >= 0.6 is 0 Å². The van der Waals surface area contributed by atoms with Gasteiger partial charge in [0.2, 0.25) is 0 Å². The van der Waals surface area contributed by atoms with Gasteiger partial charge in [-0.1, -0.05) is 0 Å². The topological polar surface area (TPSA) is 78.3 Å². The van der Waals surface area contributed by atoms with Crippen LogP contribution in [0.5, 0.6) is 0 Å². The maximum atomic E-state index is 11.3. The summed E-state index contributed by atoms with van der Waals surface area (Å²) < 4.78 is 5.28. The molecule has 0 fully saturated rings. The van der Waals surface area contributed by atoms with Crippen molar-refractivity contribution >= 4 is 5.97 Å². The molecule has 0 aliphatic carbocycles. The molecule has 0 aromatic carbocycles. The lowest BCUT2D eigenvalue weighted by molar-refractivity contribution is -0.158. The van der Waals surface area contributed by atoms with Gasteiger partial charge in [-0.2, -0.15) is 0 Å². The van der Waals surface area contributed by atoms with Crippen molar-refractivity contribution in [3.63, 3.8) is 0 Å². The monoisotopic (exact) mass is 216 g/mol. The van der Waals surface area contributed by atoms with Gasteiger partial charge in [-0.15, -0.1) is 0 Å². The second-order valence-electron chi connectivity index (χ2n) is 4.84. The maximum absolute atomic E-state index is 11.3. The van der Waals surface area contributed by atoms with E-state index in [-0.39, 0.29) is 12.0 Å². The number of carbonyl (C=O) groups is 1. The van der Waals surface area contributed by atoms with Crippen molar-refractivity contribution < 1.29 is 9.53 Å². The number of carbonyl (C=O) groups excluding carboxylic acids is 1. The average molecular weight is 216 g/mol. The number of rotatable bonds is 6. The molecular weight excluding hydrogens is 192 g/mol. The fourth-order valence-electron chi connectivity index (χ4n) is 1.27. The lowest BCUT2D eigenvalue weighted by atomic mass is 9.99. The molecule has 4 N–H and O–H groups in total. The van der Waals surface area contributed by atoms with E-state index in [0.29, 0.717) is 0 Å². The number of hydrogen-bond donors (Lipinski definition) is 2. The van der Waals surface area contributed by atoms with Crippen molar-refractivity contribution in [1.29, 1.82) is 0 Å². The summed E-state index contributed by atoms with van der Waals surface area (Å²) >= 11 is 0. The Bertz CT molecular complexity index is 201. The van der Waals surface area contributed by atoms with Crippen LogP contribution in [0, 0.1) is 0 Å². The molecule has 15 heavy (non-hydrogen) atoms. The third kappa shape index (κ3) is 7.33. The van der Waals surface area contributed by atoms with Crippen molar-refractivity contribution in [2.45, 2.75) is 64.6 Å². The van der Waals surface area contributed by atoms with Crippen LogP contribution in [0.25, 0.3) is 0 Å². The molecular formula is C11H24N2O2. The lowest BCUT2D eigenvalue weighted by Gasteiger charge is -2.26. The van der Waals surface area contributed by atoms with E-state index in [9.17, 15) is 4.79 Å². The first-order valence-electron chi connectivity index (χ1n) is 5.48. The molecule has 90 valence electrons. The minimum atomic E-state index is -0.558. The summed E-state index contributed by atoms with van der Waals surface area (Å²) in [4.78, 5) is 11.3. The van der Waals surface area contributed by atoms with E-state index in [2.05, 4.69) is 0 Å². The van der Waals surface area contributed by atoms with E-state index < -0.39 is 11.6 Å². The molecule has 2 atom stereocenters. The summed E-state index contributed by atoms with van der Waals surface area (Å²) in [6.45, 7) is 7.39. The van der Waals surface area contributed by atoms with Crippen molar-refractivity contribution in [3.05, 3.63) is 0 Å². The molecule has 2 unspecified atom stereocenters. The van der Waals surface area contributed by atoms with Gasteiger partial charge in [-0.25, -0.2) is 0 Å². The SMILES string of the molecule is CC(N)CCCC(C)(C)OC(=O)C(C)N. The van der Waals surface area contributed by atoms with Gasteiger partial charge in [0.15, 0.2) is 0 Å². The normalized spacial score (nSPS) is 15.9. The van der Waals surface area contributed by atoms with Crippen molar-refractivity contribution in [2.24, 2.45) is 11.5 Å². The van der Waals surface area contributed by atoms with Gasteiger partial charge in [0.05, 0.1) is 0 Å². The van der Waals surface area contributed by atoms with Gasteiger partial charge >= 0.3 is 5.97 Å². The highest BCUT2D eigenvalue weighted by Gasteiger charge is 2.24. The Balaban J connectivity index is 3.91. The Hall–Kier alpha value is -0.610. The van der Waals surface area contributed by atoms with E-state index in [1.165, 1.54) is 0 Å². The minimum Gasteiger partial charge on any atom is -0.459 e. The highest BCUT2D eigenvalue weighted by molar-refractivity contribution is 5.75. The van der Waals surface area contributed by atoms with Crippen LogP contribution in [0.1, 0.15) is 47.0 Å². The third-order valence-electron chi connectivity index (χ3n) is 2.19. The number of ether oxygens (including phenoxy) is 1. The molecule has 0 aromatic heterocycles. The van der Waals surface area contributed by atoms with Crippen LogP contribution in [0.2, 0.25) is 0 Å². The zero-order valence-corrected chi connectivity index (χ0v) is 10.2. The minimum absolute atomic E-state index is 0.199. The Morgan fingerprint density at radius 2 is 1.87 bits per heavy atom. The summed E-state index contributed by atoms with van der Waals surface area (Å²) in [7, 11) is 0. The number of nitrogens with two attached hydrogens (primary N) is 2. The van der Waals surface area contributed by atoms with E-state index >= 15 is 0 Å². The van der Waals surface area contributed by atoms with Crippen LogP contribution < -0.4 is 11.5 Å². The molecule has 0 aliphatic heterocycles.